The zero-order valence-corrected chi connectivity index (χ0v) is 12.2. The molecule has 0 spiro atoms. The van der Waals surface area contributed by atoms with Gasteiger partial charge in [-0.25, -0.2) is 0 Å². The van der Waals surface area contributed by atoms with Gasteiger partial charge in [-0.05, 0) is 43.7 Å². The van der Waals surface area contributed by atoms with Crippen LogP contribution in [0.2, 0.25) is 0 Å². The predicted octanol–water partition coefficient (Wildman–Crippen LogP) is 2.64. The molecule has 106 valence electrons. The average molecular weight is 269 g/mol. The van der Waals surface area contributed by atoms with Crippen molar-refractivity contribution >= 4 is 0 Å². The van der Waals surface area contributed by atoms with Crippen LogP contribution in [-0.2, 0) is 6.42 Å². The second-order valence-electron chi connectivity index (χ2n) is 5.30. The highest BCUT2D eigenvalue weighted by Gasteiger charge is 2.20. The van der Waals surface area contributed by atoms with Crippen molar-refractivity contribution < 1.29 is 0 Å². The third-order valence-electron chi connectivity index (χ3n) is 3.62. The smallest absolute Gasteiger partial charge is 0.0494 e. The van der Waals surface area contributed by atoms with Gasteiger partial charge in [0.05, 0.1) is 0 Å². The van der Waals surface area contributed by atoms with Crippen LogP contribution in [0.1, 0.15) is 24.1 Å². The van der Waals surface area contributed by atoms with E-state index >= 15 is 0 Å². The van der Waals surface area contributed by atoms with Crippen LogP contribution in [-0.4, -0.2) is 29.5 Å². The first-order valence-electron chi connectivity index (χ1n) is 7.08. The van der Waals surface area contributed by atoms with E-state index < -0.39 is 0 Å². The Morgan fingerprint density at radius 3 is 2.35 bits per heavy atom. The summed E-state index contributed by atoms with van der Waals surface area (Å²) in [5, 5.41) is 0. The van der Waals surface area contributed by atoms with Crippen molar-refractivity contribution in [1.29, 1.82) is 0 Å². The van der Waals surface area contributed by atoms with Gasteiger partial charge in [0, 0.05) is 31.0 Å². The Labute approximate surface area is 121 Å². The third kappa shape index (κ3) is 3.89. The Morgan fingerprint density at radius 2 is 1.75 bits per heavy atom. The van der Waals surface area contributed by atoms with Crippen LogP contribution in [0.25, 0.3) is 0 Å². The quantitative estimate of drug-likeness (QED) is 0.876. The molecule has 1 heterocycles. The van der Waals surface area contributed by atoms with Gasteiger partial charge in [-0.1, -0.05) is 30.3 Å². The van der Waals surface area contributed by atoms with Crippen molar-refractivity contribution in [3.63, 3.8) is 0 Å². The molecule has 3 nitrogen and oxygen atoms in total. The number of pyridine rings is 1. The molecule has 0 aliphatic carbocycles. The SMILES string of the molecule is CC(N)C(c1ccncc1)N(C)CCc1ccccc1. The molecule has 0 saturated heterocycles. The maximum Gasteiger partial charge on any atom is 0.0494 e. The molecule has 2 N–H and O–H groups in total. The number of benzene rings is 1. The summed E-state index contributed by atoms with van der Waals surface area (Å²) in [7, 11) is 2.14. The second-order valence-corrected chi connectivity index (χ2v) is 5.30. The van der Waals surface area contributed by atoms with Gasteiger partial charge in [-0.2, -0.15) is 0 Å². The monoisotopic (exact) mass is 269 g/mol. The standard InChI is InChI=1S/C17H23N3/c1-14(18)17(16-8-11-19-12-9-16)20(2)13-10-15-6-4-3-5-7-15/h3-9,11-12,14,17H,10,13,18H2,1-2H3. The molecule has 20 heavy (non-hydrogen) atoms. The van der Waals surface area contributed by atoms with Gasteiger partial charge in [0.15, 0.2) is 0 Å². The van der Waals surface area contributed by atoms with E-state index in [1.807, 2.05) is 24.5 Å². The zero-order valence-electron chi connectivity index (χ0n) is 12.2. The lowest BCUT2D eigenvalue weighted by atomic mass is 10.00. The van der Waals surface area contributed by atoms with Gasteiger partial charge in [-0.3, -0.25) is 9.88 Å². The molecule has 2 unspecified atom stereocenters. The van der Waals surface area contributed by atoms with Gasteiger partial charge >= 0.3 is 0 Å². The van der Waals surface area contributed by atoms with Gasteiger partial charge in [0.2, 0.25) is 0 Å². The Kier molecular flexibility index (Phi) is 5.27. The highest BCUT2D eigenvalue weighted by Crippen LogP contribution is 2.21. The van der Waals surface area contributed by atoms with Crippen LogP contribution < -0.4 is 5.73 Å². The summed E-state index contributed by atoms with van der Waals surface area (Å²) in [6, 6.07) is 15.0. The minimum atomic E-state index is 0.0816. The van der Waals surface area contributed by atoms with Gasteiger partial charge in [-0.15, -0.1) is 0 Å². The minimum Gasteiger partial charge on any atom is -0.326 e. The number of hydrogen-bond donors (Lipinski definition) is 1. The number of likely N-dealkylation sites (N-methyl/N-ethyl adjacent to an activating group) is 1. The maximum atomic E-state index is 6.18. The number of aromatic nitrogens is 1. The fourth-order valence-electron chi connectivity index (χ4n) is 2.61. The molecule has 0 aliphatic heterocycles. The summed E-state index contributed by atoms with van der Waals surface area (Å²) in [5.41, 5.74) is 8.76. The highest BCUT2D eigenvalue weighted by atomic mass is 15.1. The number of hydrogen-bond acceptors (Lipinski definition) is 3. The molecule has 1 aromatic heterocycles. The summed E-state index contributed by atoms with van der Waals surface area (Å²) in [4.78, 5) is 6.41. The largest absolute Gasteiger partial charge is 0.326 e. The van der Waals surface area contributed by atoms with Crippen LogP contribution in [0.4, 0.5) is 0 Å². The molecule has 0 saturated carbocycles. The van der Waals surface area contributed by atoms with E-state index in [1.54, 1.807) is 0 Å². The molecule has 2 rings (SSSR count). The molecule has 1 aromatic carbocycles. The molecular formula is C17H23N3. The summed E-state index contributed by atoms with van der Waals surface area (Å²) in [6.07, 6.45) is 4.69. The first-order chi connectivity index (χ1) is 9.68. The summed E-state index contributed by atoms with van der Waals surface area (Å²) in [5.74, 6) is 0. The Balaban J connectivity index is 2.03. The van der Waals surface area contributed by atoms with Gasteiger partial charge < -0.3 is 5.73 Å². The van der Waals surface area contributed by atoms with E-state index in [0.29, 0.717) is 0 Å². The number of nitrogens with two attached hydrogens (primary N) is 1. The predicted molar refractivity (Wildman–Crippen MR) is 83.4 cm³/mol. The average Bonchev–Trinajstić information content (AvgIpc) is 2.47. The van der Waals surface area contributed by atoms with E-state index in [0.717, 1.165) is 13.0 Å². The van der Waals surface area contributed by atoms with Crippen molar-refractivity contribution in [2.45, 2.75) is 25.4 Å². The van der Waals surface area contributed by atoms with E-state index in [2.05, 4.69) is 54.2 Å². The summed E-state index contributed by atoms with van der Waals surface area (Å²) >= 11 is 0. The Bertz CT molecular complexity index is 496. The van der Waals surface area contributed by atoms with Crippen molar-refractivity contribution in [3.8, 4) is 0 Å². The third-order valence-corrected chi connectivity index (χ3v) is 3.62. The lowest BCUT2D eigenvalue weighted by Crippen LogP contribution is -2.38. The van der Waals surface area contributed by atoms with E-state index in [9.17, 15) is 0 Å². The van der Waals surface area contributed by atoms with Crippen LogP contribution in [0.15, 0.2) is 54.9 Å². The normalized spacial score (nSPS) is 14.2. The molecule has 0 fully saturated rings. The molecule has 0 amide bonds. The molecular weight excluding hydrogens is 246 g/mol. The number of nitrogens with zero attached hydrogens (tertiary/aromatic N) is 2. The van der Waals surface area contributed by atoms with E-state index in [-0.39, 0.29) is 12.1 Å². The van der Waals surface area contributed by atoms with E-state index in [4.69, 9.17) is 5.73 Å². The molecule has 2 atom stereocenters. The van der Waals surface area contributed by atoms with Crippen molar-refractivity contribution in [2.75, 3.05) is 13.6 Å². The van der Waals surface area contributed by atoms with Gasteiger partial charge in [0.1, 0.15) is 0 Å². The maximum absolute atomic E-state index is 6.18. The number of rotatable bonds is 6. The first kappa shape index (κ1) is 14.7. The molecule has 0 radical (unpaired) electrons. The van der Waals surface area contributed by atoms with Crippen LogP contribution >= 0.6 is 0 Å². The lowest BCUT2D eigenvalue weighted by molar-refractivity contribution is 0.221. The van der Waals surface area contributed by atoms with Crippen LogP contribution in [0, 0.1) is 0 Å². The molecule has 2 aromatic rings. The van der Waals surface area contributed by atoms with Crippen LogP contribution in [0.5, 0.6) is 0 Å². The Hall–Kier alpha value is -1.71. The topological polar surface area (TPSA) is 42.1 Å². The molecule has 3 heteroatoms. The van der Waals surface area contributed by atoms with E-state index in [1.165, 1.54) is 11.1 Å². The Morgan fingerprint density at radius 1 is 1.10 bits per heavy atom. The van der Waals surface area contributed by atoms with Gasteiger partial charge in [0.25, 0.3) is 0 Å². The van der Waals surface area contributed by atoms with Crippen molar-refractivity contribution in [2.24, 2.45) is 5.73 Å². The minimum absolute atomic E-state index is 0.0816. The van der Waals surface area contributed by atoms with Crippen LogP contribution in [0.3, 0.4) is 0 Å². The first-order valence-corrected chi connectivity index (χ1v) is 7.08. The zero-order chi connectivity index (χ0) is 14.4. The molecule has 0 aliphatic rings. The van der Waals surface area contributed by atoms with Crippen molar-refractivity contribution in [1.82, 2.24) is 9.88 Å². The fourth-order valence-corrected chi connectivity index (χ4v) is 2.61. The lowest BCUT2D eigenvalue weighted by Gasteiger charge is -2.31. The summed E-state index contributed by atoms with van der Waals surface area (Å²) in [6.45, 7) is 3.04. The molecule has 0 bridgehead atoms. The fraction of sp³-hybridized carbons (Fsp3) is 0.353. The highest BCUT2D eigenvalue weighted by molar-refractivity contribution is 5.18. The second kappa shape index (κ2) is 7.17. The van der Waals surface area contributed by atoms with Crippen molar-refractivity contribution in [3.05, 3.63) is 66.0 Å². The summed E-state index contributed by atoms with van der Waals surface area (Å²) < 4.78 is 0.